The lowest BCUT2D eigenvalue weighted by molar-refractivity contribution is -0.122. The number of benzene rings is 1. The number of carbonyl (C=O) groups excluding carboxylic acids is 1. The summed E-state index contributed by atoms with van der Waals surface area (Å²) in [6.45, 7) is 6.07. The van der Waals surface area contributed by atoms with Gasteiger partial charge in [0, 0.05) is 11.5 Å². The van der Waals surface area contributed by atoms with Crippen molar-refractivity contribution in [1.82, 2.24) is 5.32 Å². The summed E-state index contributed by atoms with van der Waals surface area (Å²) in [5.74, 6) is 0.638. The number of aryl methyl sites for hydroxylation is 1. The molecule has 0 unspecified atom stereocenters. The van der Waals surface area contributed by atoms with Crippen molar-refractivity contribution in [3.05, 3.63) is 27.2 Å². The highest BCUT2D eigenvalue weighted by Gasteiger charge is 2.10. The standard InChI is InChI=1S/C12H16BrNO2/c1-7-5-10(16-6-11(15)14-4)8(2)9(3)12(7)13/h5H,6H2,1-4H3,(H,14,15). The van der Waals surface area contributed by atoms with Crippen molar-refractivity contribution in [2.75, 3.05) is 13.7 Å². The van der Waals surface area contributed by atoms with Crippen LogP contribution in [0.3, 0.4) is 0 Å². The van der Waals surface area contributed by atoms with E-state index in [9.17, 15) is 4.79 Å². The maximum absolute atomic E-state index is 11.1. The van der Waals surface area contributed by atoms with Crippen molar-refractivity contribution >= 4 is 21.8 Å². The fourth-order valence-corrected chi connectivity index (χ4v) is 1.79. The number of nitrogens with one attached hydrogen (secondary N) is 1. The molecule has 88 valence electrons. The van der Waals surface area contributed by atoms with Crippen LogP contribution in [0.5, 0.6) is 5.75 Å². The van der Waals surface area contributed by atoms with Gasteiger partial charge in [-0.15, -0.1) is 0 Å². The number of ether oxygens (including phenoxy) is 1. The fourth-order valence-electron chi connectivity index (χ4n) is 1.38. The Balaban J connectivity index is 2.93. The Bertz CT molecular complexity index is 416. The zero-order valence-corrected chi connectivity index (χ0v) is 11.6. The molecule has 16 heavy (non-hydrogen) atoms. The first kappa shape index (κ1) is 13.0. The first-order valence-electron chi connectivity index (χ1n) is 5.07. The Hall–Kier alpha value is -1.03. The Labute approximate surface area is 104 Å². The highest BCUT2D eigenvalue weighted by atomic mass is 79.9. The van der Waals surface area contributed by atoms with Crippen LogP contribution in [-0.2, 0) is 4.79 Å². The van der Waals surface area contributed by atoms with Crippen molar-refractivity contribution in [2.45, 2.75) is 20.8 Å². The second kappa shape index (κ2) is 5.34. The minimum Gasteiger partial charge on any atom is -0.483 e. The van der Waals surface area contributed by atoms with E-state index >= 15 is 0 Å². The number of amides is 1. The van der Waals surface area contributed by atoms with E-state index in [2.05, 4.69) is 21.2 Å². The summed E-state index contributed by atoms with van der Waals surface area (Å²) in [5.41, 5.74) is 3.31. The molecule has 0 aliphatic carbocycles. The number of hydrogen-bond acceptors (Lipinski definition) is 2. The fraction of sp³-hybridized carbons (Fsp3) is 0.417. The predicted molar refractivity (Wildman–Crippen MR) is 67.9 cm³/mol. The van der Waals surface area contributed by atoms with E-state index in [-0.39, 0.29) is 12.5 Å². The summed E-state index contributed by atoms with van der Waals surface area (Å²) in [7, 11) is 1.59. The van der Waals surface area contributed by atoms with Gasteiger partial charge in [0.2, 0.25) is 0 Å². The number of rotatable bonds is 3. The van der Waals surface area contributed by atoms with Crippen LogP contribution < -0.4 is 10.1 Å². The summed E-state index contributed by atoms with van der Waals surface area (Å²) >= 11 is 3.52. The first-order chi connectivity index (χ1) is 7.47. The minimum absolute atomic E-state index is 0.0534. The molecule has 1 aromatic carbocycles. The van der Waals surface area contributed by atoms with Crippen molar-refractivity contribution in [1.29, 1.82) is 0 Å². The zero-order chi connectivity index (χ0) is 12.3. The first-order valence-corrected chi connectivity index (χ1v) is 5.86. The lowest BCUT2D eigenvalue weighted by Crippen LogP contribution is -2.25. The molecule has 1 aromatic rings. The Morgan fingerprint density at radius 2 is 2.00 bits per heavy atom. The molecule has 0 bridgehead atoms. The van der Waals surface area contributed by atoms with E-state index in [4.69, 9.17) is 4.74 Å². The molecule has 3 nitrogen and oxygen atoms in total. The van der Waals surface area contributed by atoms with Gasteiger partial charge in [-0.2, -0.15) is 0 Å². The molecule has 4 heteroatoms. The van der Waals surface area contributed by atoms with Crippen LogP contribution in [0.15, 0.2) is 10.5 Å². The molecule has 0 heterocycles. The third-order valence-corrected chi connectivity index (χ3v) is 3.81. The van der Waals surface area contributed by atoms with E-state index in [1.807, 2.05) is 26.8 Å². The Morgan fingerprint density at radius 3 is 2.56 bits per heavy atom. The number of halogens is 1. The third kappa shape index (κ3) is 2.76. The van der Waals surface area contributed by atoms with Gasteiger partial charge in [0.1, 0.15) is 5.75 Å². The maximum atomic E-state index is 11.1. The van der Waals surface area contributed by atoms with Gasteiger partial charge in [-0.05, 0) is 43.5 Å². The molecule has 1 N–H and O–H groups in total. The predicted octanol–water partition coefficient (Wildman–Crippen LogP) is 2.50. The molecule has 0 atom stereocenters. The largest absolute Gasteiger partial charge is 0.483 e. The maximum Gasteiger partial charge on any atom is 0.257 e. The Morgan fingerprint density at radius 1 is 1.38 bits per heavy atom. The quantitative estimate of drug-likeness (QED) is 0.927. The van der Waals surface area contributed by atoms with Gasteiger partial charge < -0.3 is 10.1 Å². The van der Waals surface area contributed by atoms with E-state index in [1.54, 1.807) is 7.05 Å². The normalized spacial score (nSPS) is 10.1. The SMILES string of the molecule is CNC(=O)COc1cc(C)c(Br)c(C)c1C. The van der Waals surface area contributed by atoms with Crippen molar-refractivity contribution < 1.29 is 9.53 Å². The highest BCUT2D eigenvalue weighted by molar-refractivity contribution is 9.10. The number of hydrogen-bond donors (Lipinski definition) is 1. The smallest absolute Gasteiger partial charge is 0.257 e. The van der Waals surface area contributed by atoms with Gasteiger partial charge in [-0.1, -0.05) is 15.9 Å². The van der Waals surface area contributed by atoms with Gasteiger partial charge in [-0.3, -0.25) is 4.79 Å². The van der Waals surface area contributed by atoms with Crippen LogP contribution in [0.4, 0.5) is 0 Å². The lowest BCUT2D eigenvalue weighted by Gasteiger charge is -2.13. The molecule has 0 aromatic heterocycles. The molecular formula is C12H16BrNO2. The van der Waals surface area contributed by atoms with Crippen molar-refractivity contribution in [3.63, 3.8) is 0 Å². The summed E-state index contributed by atoms with van der Waals surface area (Å²) in [5, 5.41) is 2.52. The van der Waals surface area contributed by atoms with Crippen molar-refractivity contribution in [3.8, 4) is 5.75 Å². The molecule has 0 spiro atoms. The van der Waals surface area contributed by atoms with Gasteiger partial charge in [0.05, 0.1) is 0 Å². The molecule has 0 radical (unpaired) electrons. The molecule has 0 saturated heterocycles. The average Bonchev–Trinajstić information content (AvgIpc) is 2.28. The summed E-state index contributed by atoms with van der Waals surface area (Å²) in [6.07, 6.45) is 0. The lowest BCUT2D eigenvalue weighted by atomic mass is 10.1. The monoisotopic (exact) mass is 285 g/mol. The molecule has 1 amide bonds. The van der Waals surface area contributed by atoms with E-state index in [1.165, 1.54) is 0 Å². The van der Waals surface area contributed by atoms with Crippen molar-refractivity contribution in [2.24, 2.45) is 0 Å². The molecule has 0 fully saturated rings. The van der Waals surface area contributed by atoms with Crippen LogP contribution in [0.25, 0.3) is 0 Å². The molecule has 0 aliphatic rings. The van der Waals surface area contributed by atoms with E-state index in [0.717, 1.165) is 26.9 Å². The van der Waals surface area contributed by atoms with Gasteiger partial charge in [0.25, 0.3) is 5.91 Å². The average molecular weight is 286 g/mol. The van der Waals surface area contributed by atoms with Gasteiger partial charge in [-0.25, -0.2) is 0 Å². The number of carbonyl (C=O) groups is 1. The van der Waals surface area contributed by atoms with Crippen LogP contribution >= 0.6 is 15.9 Å². The third-order valence-electron chi connectivity index (χ3n) is 2.59. The van der Waals surface area contributed by atoms with Crippen LogP contribution in [0, 0.1) is 20.8 Å². The minimum atomic E-state index is -0.127. The summed E-state index contributed by atoms with van der Waals surface area (Å²) in [4.78, 5) is 11.1. The zero-order valence-electron chi connectivity index (χ0n) is 9.98. The van der Waals surface area contributed by atoms with Crippen LogP contribution in [0.2, 0.25) is 0 Å². The van der Waals surface area contributed by atoms with Crippen LogP contribution in [-0.4, -0.2) is 19.6 Å². The van der Waals surface area contributed by atoms with E-state index < -0.39 is 0 Å². The summed E-state index contributed by atoms with van der Waals surface area (Å²) in [6, 6.07) is 1.94. The molecule has 0 aliphatic heterocycles. The second-order valence-electron chi connectivity index (χ2n) is 3.72. The molecule has 0 saturated carbocycles. The second-order valence-corrected chi connectivity index (χ2v) is 4.51. The van der Waals surface area contributed by atoms with E-state index in [0.29, 0.717) is 0 Å². The number of likely N-dealkylation sites (N-methyl/N-ethyl adjacent to an activating group) is 1. The van der Waals surface area contributed by atoms with Gasteiger partial charge in [0.15, 0.2) is 6.61 Å². The van der Waals surface area contributed by atoms with Crippen LogP contribution in [0.1, 0.15) is 16.7 Å². The molecule has 1 rings (SSSR count). The topological polar surface area (TPSA) is 38.3 Å². The summed E-state index contributed by atoms with van der Waals surface area (Å²) < 4.78 is 6.57. The molecular weight excluding hydrogens is 270 g/mol. The Kier molecular flexibility index (Phi) is 4.35. The highest BCUT2D eigenvalue weighted by Crippen LogP contribution is 2.31. The van der Waals surface area contributed by atoms with Gasteiger partial charge >= 0.3 is 0 Å².